The molecule has 220 valence electrons. The van der Waals surface area contributed by atoms with Gasteiger partial charge in [0.2, 0.25) is 0 Å². The first-order valence-electron chi connectivity index (χ1n) is 13.6. The standard InChI is InChI=1S/C28H33F3N6O4/c1-27(2,3)41-26(39)37-10-5-4-8-18(37)12-32-23-22-21(13-33-24(22)35-16-34-23)25(38)36-14-20(15-36)40-19-9-6-7-17(11-19)28(29,30)31/h6-7,9,11,13,16,18,20H,4-5,8,10,12,14-15H2,1-3H3,(H2,32,33,34,35). The summed E-state index contributed by atoms with van der Waals surface area (Å²) in [6.45, 7) is 6.98. The molecule has 2 saturated heterocycles. The van der Waals surface area contributed by atoms with Gasteiger partial charge in [0, 0.05) is 19.3 Å². The van der Waals surface area contributed by atoms with Crippen LogP contribution in [-0.2, 0) is 10.9 Å². The fraction of sp³-hybridized carbons (Fsp3) is 0.500. The fourth-order valence-corrected chi connectivity index (χ4v) is 5.04. The first kappa shape index (κ1) is 28.5. The SMILES string of the molecule is CC(C)(C)OC(=O)N1CCCCC1CNc1ncnc2[nH]cc(C(=O)N3CC(Oc4cccc(C(F)(F)F)c4)C3)c12. The van der Waals surface area contributed by atoms with Crippen LogP contribution in [-0.4, -0.2) is 80.7 Å². The lowest BCUT2D eigenvalue weighted by Crippen LogP contribution is -2.56. The molecule has 1 atom stereocenters. The molecule has 3 aromatic rings. The van der Waals surface area contributed by atoms with Crippen molar-refractivity contribution in [3.63, 3.8) is 0 Å². The maximum Gasteiger partial charge on any atom is 0.416 e. The maximum atomic E-state index is 13.4. The van der Waals surface area contributed by atoms with Gasteiger partial charge in [0.25, 0.3) is 5.91 Å². The lowest BCUT2D eigenvalue weighted by Gasteiger charge is -2.39. The predicted molar refractivity (Wildman–Crippen MR) is 145 cm³/mol. The van der Waals surface area contributed by atoms with E-state index in [1.807, 2.05) is 20.8 Å². The number of anilines is 1. The van der Waals surface area contributed by atoms with Crippen LogP contribution in [0.15, 0.2) is 36.8 Å². The second-order valence-corrected chi connectivity index (χ2v) is 11.3. The molecule has 41 heavy (non-hydrogen) atoms. The Hall–Kier alpha value is -4.03. The highest BCUT2D eigenvalue weighted by atomic mass is 19.4. The van der Waals surface area contributed by atoms with Crippen LogP contribution in [0.4, 0.5) is 23.8 Å². The minimum atomic E-state index is -4.46. The topological polar surface area (TPSA) is 113 Å². The molecule has 4 heterocycles. The molecule has 0 bridgehead atoms. The van der Waals surface area contributed by atoms with Gasteiger partial charge < -0.3 is 29.6 Å². The van der Waals surface area contributed by atoms with Crippen LogP contribution >= 0.6 is 0 Å². The molecule has 2 aliphatic rings. The Morgan fingerprint density at radius 3 is 2.66 bits per heavy atom. The van der Waals surface area contributed by atoms with Crippen molar-refractivity contribution < 1.29 is 32.2 Å². The number of H-pyrrole nitrogens is 1. The molecule has 2 N–H and O–H groups in total. The van der Waals surface area contributed by atoms with E-state index < -0.39 is 23.4 Å². The van der Waals surface area contributed by atoms with Crippen LogP contribution in [0.1, 0.15) is 56.0 Å². The predicted octanol–water partition coefficient (Wildman–Crippen LogP) is 5.08. The third-order valence-corrected chi connectivity index (χ3v) is 7.06. The van der Waals surface area contributed by atoms with Crippen molar-refractivity contribution in [1.29, 1.82) is 0 Å². The Balaban J connectivity index is 1.24. The summed E-state index contributed by atoms with van der Waals surface area (Å²) in [5.41, 5.74) is -0.535. The number of benzene rings is 1. The number of nitrogens with zero attached hydrogens (tertiary/aromatic N) is 4. The fourth-order valence-electron chi connectivity index (χ4n) is 5.04. The first-order chi connectivity index (χ1) is 19.4. The molecule has 13 heteroatoms. The number of ether oxygens (including phenoxy) is 2. The largest absolute Gasteiger partial charge is 0.487 e. The summed E-state index contributed by atoms with van der Waals surface area (Å²) in [6, 6.07) is 4.59. The molecule has 0 spiro atoms. The van der Waals surface area contributed by atoms with Crippen molar-refractivity contribution in [2.24, 2.45) is 0 Å². The van der Waals surface area contributed by atoms with Crippen molar-refractivity contribution in [2.45, 2.75) is 64.0 Å². The highest BCUT2D eigenvalue weighted by Gasteiger charge is 2.36. The normalized spacial score (nSPS) is 18.2. The van der Waals surface area contributed by atoms with Gasteiger partial charge in [0.1, 0.15) is 35.2 Å². The summed E-state index contributed by atoms with van der Waals surface area (Å²) in [5, 5.41) is 3.84. The van der Waals surface area contributed by atoms with E-state index in [4.69, 9.17) is 9.47 Å². The van der Waals surface area contributed by atoms with E-state index in [1.165, 1.54) is 18.5 Å². The molecule has 0 saturated carbocycles. The Labute approximate surface area is 235 Å². The van der Waals surface area contributed by atoms with Gasteiger partial charge in [-0.1, -0.05) is 6.07 Å². The zero-order valence-corrected chi connectivity index (χ0v) is 23.1. The molecule has 2 fully saturated rings. The zero-order valence-electron chi connectivity index (χ0n) is 23.1. The Kier molecular flexibility index (Phi) is 7.71. The molecule has 1 unspecified atom stereocenters. The van der Waals surface area contributed by atoms with Crippen LogP contribution < -0.4 is 10.1 Å². The summed E-state index contributed by atoms with van der Waals surface area (Å²) in [4.78, 5) is 41.1. The number of aromatic amines is 1. The number of fused-ring (bicyclic) bond motifs is 1. The van der Waals surface area contributed by atoms with Crippen LogP contribution in [0.2, 0.25) is 0 Å². The number of hydrogen-bond acceptors (Lipinski definition) is 7. The number of halogens is 3. The van der Waals surface area contributed by atoms with Gasteiger partial charge in [-0.05, 0) is 58.2 Å². The van der Waals surface area contributed by atoms with Gasteiger partial charge in [-0.15, -0.1) is 0 Å². The maximum absolute atomic E-state index is 13.4. The van der Waals surface area contributed by atoms with Gasteiger partial charge in [0.15, 0.2) is 0 Å². The van der Waals surface area contributed by atoms with Crippen LogP contribution in [0.3, 0.4) is 0 Å². The van der Waals surface area contributed by atoms with E-state index >= 15 is 0 Å². The van der Waals surface area contributed by atoms with E-state index in [2.05, 4.69) is 20.3 Å². The van der Waals surface area contributed by atoms with Crippen molar-refractivity contribution in [1.82, 2.24) is 24.8 Å². The minimum Gasteiger partial charge on any atom is -0.487 e. The highest BCUT2D eigenvalue weighted by Crippen LogP contribution is 2.33. The van der Waals surface area contributed by atoms with Crippen molar-refractivity contribution in [3.8, 4) is 5.75 Å². The number of alkyl halides is 3. The van der Waals surface area contributed by atoms with E-state index in [-0.39, 0.29) is 36.9 Å². The molecule has 0 aliphatic carbocycles. The second kappa shape index (κ2) is 11.1. The lowest BCUT2D eigenvalue weighted by molar-refractivity contribution is -0.137. The summed E-state index contributed by atoms with van der Waals surface area (Å²) in [6.07, 6.45) is 0.415. The monoisotopic (exact) mass is 574 g/mol. The van der Waals surface area contributed by atoms with Crippen LogP contribution in [0.5, 0.6) is 5.75 Å². The van der Waals surface area contributed by atoms with E-state index in [0.717, 1.165) is 31.4 Å². The number of piperidine rings is 1. The summed E-state index contributed by atoms with van der Waals surface area (Å²) in [5.74, 6) is 0.296. The van der Waals surface area contributed by atoms with E-state index in [1.54, 1.807) is 16.0 Å². The number of aromatic nitrogens is 3. The average molecular weight is 575 g/mol. The summed E-state index contributed by atoms with van der Waals surface area (Å²) in [7, 11) is 0. The van der Waals surface area contributed by atoms with Gasteiger partial charge in [-0.2, -0.15) is 13.2 Å². The molecule has 1 aromatic carbocycles. The number of rotatable bonds is 6. The molecule has 2 aromatic heterocycles. The third-order valence-electron chi connectivity index (χ3n) is 7.06. The molecule has 10 nitrogen and oxygen atoms in total. The van der Waals surface area contributed by atoms with Crippen LogP contribution in [0.25, 0.3) is 11.0 Å². The summed E-state index contributed by atoms with van der Waals surface area (Å²) < 4.78 is 50.3. The quantitative estimate of drug-likeness (QED) is 0.422. The third kappa shape index (κ3) is 6.49. The van der Waals surface area contributed by atoms with Gasteiger partial charge >= 0.3 is 12.3 Å². The van der Waals surface area contributed by atoms with Gasteiger partial charge in [0.05, 0.1) is 35.6 Å². The molecule has 5 rings (SSSR count). The number of hydrogen-bond donors (Lipinski definition) is 2. The highest BCUT2D eigenvalue weighted by molar-refractivity contribution is 6.09. The lowest BCUT2D eigenvalue weighted by atomic mass is 10.0. The smallest absolute Gasteiger partial charge is 0.416 e. The van der Waals surface area contributed by atoms with E-state index in [0.29, 0.717) is 35.5 Å². The van der Waals surface area contributed by atoms with Gasteiger partial charge in [-0.3, -0.25) is 4.79 Å². The Bertz CT molecular complexity index is 1410. The average Bonchev–Trinajstić information content (AvgIpc) is 3.33. The number of nitrogens with one attached hydrogen (secondary N) is 2. The van der Waals surface area contributed by atoms with Gasteiger partial charge in [-0.25, -0.2) is 14.8 Å². The Morgan fingerprint density at radius 1 is 1.15 bits per heavy atom. The van der Waals surface area contributed by atoms with Crippen LogP contribution in [0, 0.1) is 0 Å². The number of amides is 2. The summed E-state index contributed by atoms with van der Waals surface area (Å²) >= 11 is 0. The number of carbonyl (C=O) groups excluding carboxylic acids is 2. The van der Waals surface area contributed by atoms with Crippen molar-refractivity contribution in [3.05, 3.63) is 47.9 Å². The molecule has 2 aliphatic heterocycles. The van der Waals surface area contributed by atoms with Crippen molar-refractivity contribution >= 4 is 28.9 Å². The molecular formula is C28H33F3N6O4. The number of likely N-dealkylation sites (tertiary alicyclic amines) is 2. The van der Waals surface area contributed by atoms with E-state index in [9.17, 15) is 22.8 Å². The first-order valence-corrected chi connectivity index (χ1v) is 13.6. The molecule has 0 radical (unpaired) electrons. The molecule has 2 amide bonds. The zero-order chi connectivity index (χ0) is 29.4. The number of carbonyl (C=O) groups is 2. The van der Waals surface area contributed by atoms with Crippen molar-refractivity contribution in [2.75, 3.05) is 31.5 Å². The Morgan fingerprint density at radius 2 is 1.93 bits per heavy atom. The minimum absolute atomic E-state index is 0.104. The second-order valence-electron chi connectivity index (χ2n) is 11.3. The molecular weight excluding hydrogens is 541 g/mol.